The monoisotopic (exact) mass is 450 g/mol. The quantitative estimate of drug-likeness (QED) is 0.497. The van der Waals surface area contributed by atoms with Gasteiger partial charge in [0.1, 0.15) is 5.69 Å². The lowest BCUT2D eigenvalue weighted by Gasteiger charge is -2.36. The molecule has 0 radical (unpaired) electrons. The number of carbonyl (C=O) groups excluding carboxylic acids is 1. The lowest BCUT2D eigenvalue weighted by molar-refractivity contribution is 0.0919. The van der Waals surface area contributed by atoms with Crippen molar-refractivity contribution in [1.82, 2.24) is 25.2 Å². The maximum atomic E-state index is 12.1. The highest BCUT2D eigenvalue weighted by Gasteiger charge is 2.18. The second-order valence-corrected chi connectivity index (χ2v) is 8.48. The zero-order chi connectivity index (χ0) is 23.4. The van der Waals surface area contributed by atoms with Crippen molar-refractivity contribution in [1.29, 1.82) is 0 Å². The number of hydrogen-bond acceptors (Lipinski definition) is 7. The lowest BCUT2D eigenvalue weighted by atomic mass is 10.1. The van der Waals surface area contributed by atoms with Crippen LogP contribution in [0.25, 0.3) is 11.0 Å². The Balaban J connectivity index is 1.33. The molecule has 0 aliphatic carbocycles. The van der Waals surface area contributed by atoms with E-state index in [1.807, 2.05) is 31.3 Å². The smallest absolute Gasteiger partial charge is 0.269 e. The molecule has 33 heavy (non-hydrogen) atoms. The van der Waals surface area contributed by atoms with Crippen LogP contribution in [-0.4, -0.2) is 69.7 Å². The van der Waals surface area contributed by atoms with E-state index in [-0.39, 0.29) is 18.0 Å². The maximum Gasteiger partial charge on any atom is 0.269 e. The summed E-state index contributed by atoms with van der Waals surface area (Å²) in [5.74, 6) is -0.288. The highest BCUT2D eigenvalue weighted by molar-refractivity contribution is 5.92. The van der Waals surface area contributed by atoms with Crippen molar-refractivity contribution >= 4 is 22.6 Å². The van der Waals surface area contributed by atoms with Gasteiger partial charge in [0.05, 0.1) is 29.0 Å². The van der Waals surface area contributed by atoms with Crippen molar-refractivity contribution in [3.63, 3.8) is 0 Å². The first-order chi connectivity index (χ1) is 15.9. The third-order valence-corrected chi connectivity index (χ3v) is 5.89. The average molecular weight is 451 g/mol. The fraction of sp³-hybridized carbons (Fsp3) is 0.417. The second kappa shape index (κ2) is 10.1. The van der Waals surface area contributed by atoms with Crippen molar-refractivity contribution in [2.24, 2.45) is 0 Å². The van der Waals surface area contributed by atoms with Crippen LogP contribution in [0.2, 0.25) is 0 Å². The van der Waals surface area contributed by atoms with Gasteiger partial charge in [0.15, 0.2) is 0 Å². The molecular weight excluding hydrogens is 420 g/mol. The normalized spacial score (nSPS) is 15.5. The number of nitrogens with zero attached hydrogens (tertiary/aromatic N) is 4. The molecule has 4 heterocycles. The van der Waals surface area contributed by atoms with E-state index >= 15 is 0 Å². The van der Waals surface area contributed by atoms with Gasteiger partial charge in [0.25, 0.3) is 11.5 Å². The Labute approximate surface area is 192 Å². The number of aromatic amines is 1. The number of H-pyrrole nitrogens is 1. The highest BCUT2D eigenvalue weighted by Crippen LogP contribution is 2.18. The summed E-state index contributed by atoms with van der Waals surface area (Å²) in [5, 5.41) is 11.9. The van der Waals surface area contributed by atoms with Gasteiger partial charge in [-0.3, -0.25) is 19.5 Å². The van der Waals surface area contributed by atoms with Crippen LogP contribution < -0.4 is 15.8 Å². The van der Waals surface area contributed by atoms with E-state index < -0.39 is 6.10 Å². The third kappa shape index (κ3) is 5.55. The first-order valence-corrected chi connectivity index (χ1v) is 11.3. The van der Waals surface area contributed by atoms with Crippen LogP contribution in [0.3, 0.4) is 0 Å². The Morgan fingerprint density at radius 1 is 1.18 bits per heavy atom. The van der Waals surface area contributed by atoms with Crippen LogP contribution in [-0.2, 0) is 13.0 Å². The minimum absolute atomic E-state index is 0.0439. The number of rotatable bonds is 7. The van der Waals surface area contributed by atoms with Crippen molar-refractivity contribution < 1.29 is 9.90 Å². The molecule has 1 aliphatic heterocycles. The molecule has 1 amide bonds. The summed E-state index contributed by atoms with van der Waals surface area (Å²) < 4.78 is 0. The predicted molar refractivity (Wildman–Crippen MR) is 127 cm³/mol. The molecule has 174 valence electrons. The number of anilines is 1. The van der Waals surface area contributed by atoms with Crippen LogP contribution in [0.4, 0.5) is 5.69 Å². The van der Waals surface area contributed by atoms with E-state index in [1.54, 1.807) is 19.2 Å². The number of aliphatic hydroxyl groups excluding tert-OH is 1. The fourth-order valence-corrected chi connectivity index (χ4v) is 3.98. The minimum Gasteiger partial charge on any atom is -0.392 e. The lowest BCUT2D eigenvalue weighted by Crippen LogP contribution is -2.46. The second-order valence-electron chi connectivity index (χ2n) is 8.48. The number of pyridine rings is 3. The zero-order valence-corrected chi connectivity index (χ0v) is 19.0. The van der Waals surface area contributed by atoms with E-state index in [0.29, 0.717) is 12.1 Å². The molecule has 3 N–H and O–H groups in total. The Kier molecular flexibility index (Phi) is 7.00. The maximum absolute atomic E-state index is 12.1. The van der Waals surface area contributed by atoms with Gasteiger partial charge in [-0.2, -0.15) is 0 Å². The summed E-state index contributed by atoms with van der Waals surface area (Å²) in [6.07, 6.45) is 3.71. The number of piperazine rings is 1. The number of aromatic nitrogens is 3. The number of amides is 1. The molecule has 9 heteroatoms. The summed E-state index contributed by atoms with van der Waals surface area (Å²) in [7, 11) is 0. The molecule has 4 rings (SSSR count). The van der Waals surface area contributed by atoms with Gasteiger partial charge in [-0.05, 0) is 43.2 Å². The molecule has 1 aliphatic rings. The van der Waals surface area contributed by atoms with Gasteiger partial charge >= 0.3 is 0 Å². The molecule has 1 atom stereocenters. The van der Waals surface area contributed by atoms with E-state index in [2.05, 4.69) is 30.1 Å². The Hall–Kier alpha value is -3.30. The molecule has 0 bridgehead atoms. The summed E-state index contributed by atoms with van der Waals surface area (Å²) in [6.45, 7) is 8.04. The van der Waals surface area contributed by atoms with Crippen molar-refractivity contribution in [3.8, 4) is 0 Å². The van der Waals surface area contributed by atoms with Gasteiger partial charge in [-0.1, -0.05) is 6.92 Å². The van der Waals surface area contributed by atoms with Crippen molar-refractivity contribution in [3.05, 3.63) is 63.8 Å². The molecule has 1 fully saturated rings. The largest absolute Gasteiger partial charge is 0.392 e. The van der Waals surface area contributed by atoms with Gasteiger partial charge in [0, 0.05) is 51.0 Å². The number of fused-ring (bicyclic) bond motifs is 1. The molecular formula is C24H30N6O3. The molecule has 9 nitrogen and oxygen atoms in total. The SMILES string of the molecule is CCc1cc2ncc(CN3CCN(c4ccc(C(=O)NC[C@@H](C)O)nc4)CC3)cc2[nH]c1=O. The molecule has 1 saturated heterocycles. The Bertz CT molecular complexity index is 1170. The molecule has 0 saturated carbocycles. The van der Waals surface area contributed by atoms with Crippen LogP contribution >= 0.6 is 0 Å². The highest BCUT2D eigenvalue weighted by atomic mass is 16.3. The van der Waals surface area contributed by atoms with Crippen molar-refractivity contribution in [2.45, 2.75) is 32.9 Å². The van der Waals surface area contributed by atoms with Gasteiger partial charge < -0.3 is 20.3 Å². The first-order valence-electron chi connectivity index (χ1n) is 11.3. The number of aryl methyl sites for hydroxylation is 1. The fourth-order valence-electron chi connectivity index (χ4n) is 3.98. The van der Waals surface area contributed by atoms with Gasteiger partial charge in [0.2, 0.25) is 0 Å². The first kappa shape index (κ1) is 22.9. The predicted octanol–water partition coefficient (Wildman–Crippen LogP) is 1.31. The summed E-state index contributed by atoms with van der Waals surface area (Å²) in [6, 6.07) is 7.51. The number of hydrogen-bond donors (Lipinski definition) is 3. The third-order valence-electron chi connectivity index (χ3n) is 5.89. The van der Waals surface area contributed by atoms with Crippen LogP contribution in [0.15, 0.2) is 41.5 Å². The van der Waals surface area contributed by atoms with Crippen LogP contribution in [0, 0.1) is 0 Å². The number of nitrogens with one attached hydrogen (secondary N) is 2. The van der Waals surface area contributed by atoms with Gasteiger partial charge in [-0.25, -0.2) is 4.98 Å². The number of aliphatic hydroxyl groups is 1. The Morgan fingerprint density at radius 3 is 2.64 bits per heavy atom. The minimum atomic E-state index is -0.592. The molecule has 0 aromatic carbocycles. The van der Waals surface area contributed by atoms with E-state index in [4.69, 9.17) is 0 Å². The summed E-state index contributed by atoms with van der Waals surface area (Å²) in [4.78, 5) is 40.6. The van der Waals surface area contributed by atoms with E-state index in [0.717, 1.165) is 60.6 Å². The molecule has 3 aromatic rings. The standard InChI is InChI=1S/C24H30N6O3/c1-3-18-11-21-22(28-23(18)32)10-17(13-25-21)15-29-6-8-30(9-7-29)19-4-5-20(26-14-19)24(33)27-12-16(2)31/h4-5,10-11,13-14,16,31H,3,6-9,12,15H2,1-2H3,(H,27,33)(H,28,32)/t16-/m1/s1. The van der Waals surface area contributed by atoms with Gasteiger partial charge in [-0.15, -0.1) is 0 Å². The zero-order valence-electron chi connectivity index (χ0n) is 19.0. The van der Waals surface area contributed by atoms with Crippen molar-refractivity contribution in [2.75, 3.05) is 37.6 Å². The number of carbonyl (C=O) groups is 1. The summed E-state index contributed by atoms with van der Waals surface area (Å²) >= 11 is 0. The average Bonchev–Trinajstić information content (AvgIpc) is 2.82. The van der Waals surface area contributed by atoms with E-state index in [9.17, 15) is 14.7 Å². The Morgan fingerprint density at radius 2 is 1.97 bits per heavy atom. The molecule has 3 aromatic heterocycles. The molecule has 0 spiro atoms. The summed E-state index contributed by atoms with van der Waals surface area (Å²) in [5.41, 5.74) is 4.70. The van der Waals surface area contributed by atoms with E-state index in [1.165, 1.54) is 0 Å². The van der Waals surface area contributed by atoms with Crippen LogP contribution in [0.1, 0.15) is 35.5 Å². The topological polar surface area (TPSA) is 114 Å². The van der Waals surface area contributed by atoms with Crippen LogP contribution in [0.5, 0.6) is 0 Å². The molecule has 0 unspecified atom stereocenters.